The minimum Gasteiger partial charge on any atom is -0.396 e. The van der Waals surface area contributed by atoms with E-state index in [4.69, 9.17) is 12.2 Å². The molecule has 0 unspecified atom stereocenters. The average molecular weight is 422 g/mol. The maximum Gasteiger partial charge on any atom is 0.170 e. The van der Waals surface area contributed by atoms with E-state index in [0.29, 0.717) is 18.1 Å². The molecule has 0 saturated carbocycles. The van der Waals surface area contributed by atoms with Crippen LogP contribution in [0.2, 0.25) is 0 Å². The molecule has 1 aliphatic rings. The van der Waals surface area contributed by atoms with Crippen molar-refractivity contribution in [2.75, 3.05) is 13.2 Å². The second kappa shape index (κ2) is 8.53. The summed E-state index contributed by atoms with van der Waals surface area (Å²) in [6, 6.07) is 12.2. The van der Waals surface area contributed by atoms with Gasteiger partial charge in [-0.25, -0.2) is 4.98 Å². The monoisotopic (exact) mass is 421 g/mol. The van der Waals surface area contributed by atoms with Crippen molar-refractivity contribution in [3.8, 4) is 5.82 Å². The molecule has 3 aromatic heterocycles. The molecule has 0 bridgehead atoms. The quantitative estimate of drug-likeness (QED) is 0.594. The Balaban J connectivity index is 1.82. The first-order chi connectivity index (χ1) is 14.5. The molecule has 7 heteroatoms. The lowest BCUT2D eigenvalue weighted by Gasteiger charge is -2.28. The summed E-state index contributed by atoms with van der Waals surface area (Å²) in [7, 11) is 0. The van der Waals surface area contributed by atoms with Crippen LogP contribution in [0, 0.1) is 20.8 Å². The van der Waals surface area contributed by atoms with Crippen LogP contribution in [0.25, 0.3) is 5.82 Å². The third kappa shape index (κ3) is 3.70. The first kappa shape index (κ1) is 20.5. The minimum absolute atomic E-state index is 0.0105. The molecule has 1 fully saturated rings. The standard InChI is InChI=1S/C23H27N5OS/c1-15-8-10-25-20(13-15)28-16(2)14-18(17(28)3)22-21(19-7-4-5-9-24-19)26-23(30)27(22)11-6-12-29/h4-5,7-10,13-14,21-22,29H,6,11-12H2,1-3H3,(H,26,30)/t21-,22+/m0/s1. The van der Waals surface area contributed by atoms with Gasteiger partial charge < -0.3 is 19.9 Å². The van der Waals surface area contributed by atoms with E-state index in [1.54, 1.807) is 0 Å². The molecule has 6 nitrogen and oxygen atoms in total. The number of hydrogen-bond donors (Lipinski definition) is 2. The molecular weight excluding hydrogens is 394 g/mol. The molecule has 156 valence electrons. The van der Waals surface area contributed by atoms with E-state index >= 15 is 0 Å². The largest absolute Gasteiger partial charge is 0.396 e. The highest BCUT2D eigenvalue weighted by atomic mass is 32.1. The molecule has 4 rings (SSSR count). The van der Waals surface area contributed by atoms with Crippen molar-refractivity contribution >= 4 is 17.3 Å². The third-order valence-corrected chi connectivity index (χ3v) is 6.03. The Kier molecular flexibility index (Phi) is 5.83. The van der Waals surface area contributed by atoms with Crippen LogP contribution in [0.4, 0.5) is 0 Å². The van der Waals surface area contributed by atoms with E-state index in [2.05, 4.69) is 57.7 Å². The van der Waals surface area contributed by atoms with E-state index in [9.17, 15) is 5.11 Å². The highest BCUT2D eigenvalue weighted by Gasteiger charge is 2.41. The Labute approximate surface area is 182 Å². The molecule has 0 amide bonds. The molecule has 0 aliphatic carbocycles. The molecule has 2 N–H and O–H groups in total. The predicted molar refractivity (Wildman–Crippen MR) is 122 cm³/mol. The Morgan fingerprint density at radius 2 is 1.93 bits per heavy atom. The molecular formula is C23H27N5OS. The molecule has 0 aromatic carbocycles. The van der Waals surface area contributed by atoms with Gasteiger partial charge in [0.05, 0.1) is 17.8 Å². The topological polar surface area (TPSA) is 66.2 Å². The summed E-state index contributed by atoms with van der Waals surface area (Å²) in [5, 5.41) is 13.6. The van der Waals surface area contributed by atoms with Gasteiger partial charge in [0.2, 0.25) is 0 Å². The third-order valence-electron chi connectivity index (χ3n) is 5.67. The fourth-order valence-electron chi connectivity index (χ4n) is 4.31. The maximum absolute atomic E-state index is 9.42. The number of thiocarbonyl (C=S) groups is 1. The summed E-state index contributed by atoms with van der Waals surface area (Å²) in [6.45, 7) is 7.13. The Morgan fingerprint density at radius 1 is 1.10 bits per heavy atom. The number of aliphatic hydroxyl groups excluding tert-OH is 1. The number of nitrogens with zero attached hydrogens (tertiary/aromatic N) is 4. The van der Waals surface area contributed by atoms with Crippen LogP contribution in [0.15, 0.2) is 48.8 Å². The molecule has 0 spiro atoms. The number of hydrogen-bond acceptors (Lipinski definition) is 4. The van der Waals surface area contributed by atoms with E-state index in [0.717, 1.165) is 22.9 Å². The first-order valence-corrected chi connectivity index (χ1v) is 10.6. The highest BCUT2D eigenvalue weighted by Crippen LogP contribution is 2.41. The van der Waals surface area contributed by atoms with E-state index in [1.807, 2.05) is 36.7 Å². The van der Waals surface area contributed by atoms with Crippen molar-refractivity contribution in [3.63, 3.8) is 0 Å². The van der Waals surface area contributed by atoms with Crippen molar-refractivity contribution in [3.05, 3.63) is 77.0 Å². The summed E-state index contributed by atoms with van der Waals surface area (Å²) in [6.07, 6.45) is 4.32. The fourth-order valence-corrected chi connectivity index (χ4v) is 4.64. The number of aliphatic hydroxyl groups is 1. The summed E-state index contributed by atoms with van der Waals surface area (Å²) < 4.78 is 2.20. The zero-order valence-corrected chi connectivity index (χ0v) is 18.4. The summed E-state index contributed by atoms with van der Waals surface area (Å²) in [4.78, 5) is 11.4. The summed E-state index contributed by atoms with van der Waals surface area (Å²) in [5.74, 6) is 0.918. The molecule has 1 saturated heterocycles. The SMILES string of the molecule is Cc1ccnc(-n2c(C)cc([C@@H]3[C@H](c4ccccn4)NC(=S)N3CCCO)c2C)c1. The zero-order chi connectivity index (χ0) is 21.3. The number of aromatic nitrogens is 3. The maximum atomic E-state index is 9.42. The van der Waals surface area contributed by atoms with Gasteiger partial charge in [0.1, 0.15) is 5.82 Å². The number of aryl methyl sites for hydroxylation is 2. The lowest BCUT2D eigenvalue weighted by atomic mass is 9.96. The predicted octanol–water partition coefficient (Wildman–Crippen LogP) is 3.55. The smallest absolute Gasteiger partial charge is 0.170 e. The van der Waals surface area contributed by atoms with Crippen molar-refractivity contribution in [2.45, 2.75) is 39.3 Å². The van der Waals surface area contributed by atoms with Gasteiger partial charge in [0.15, 0.2) is 5.11 Å². The Morgan fingerprint density at radius 3 is 2.63 bits per heavy atom. The van der Waals surface area contributed by atoms with Gasteiger partial charge in [-0.05, 0) is 80.9 Å². The first-order valence-electron chi connectivity index (χ1n) is 10.2. The van der Waals surface area contributed by atoms with Crippen LogP contribution in [0.1, 0.15) is 46.7 Å². The molecule has 4 heterocycles. The molecule has 3 aromatic rings. The highest BCUT2D eigenvalue weighted by molar-refractivity contribution is 7.80. The molecule has 1 aliphatic heterocycles. The van der Waals surface area contributed by atoms with Gasteiger partial charge in [-0.2, -0.15) is 0 Å². The fraction of sp³-hybridized carbons (Fsp3) is 0.348. The lowest BCUT2D eigenvalue weighted by Crippen LogP contribution is -2.31. The van der Waals surface area contributed by atoms with Crippen LogP contribution in [-0.4, -0.2) is 42.8 Å². The number of pyridine rings is 2. The lowest BCUT2D eigenvalue weighted by molar-refractivity contribution is 0.247. The second-order valence-corrected chi connectivity index (χ2v) is 8.14. The average Bonchev–Trinajstić information content (AvgIpc) is 3.22. The number of nitrogens with one attached hydrogen (secondary N) is 1. The van der Waals surface area contributed by atoms with Crippen molar-refractivity contribution < 1.29 is 5.11 Å². The van der Waals surface area contributed by atoms with E-state index in [1.165, 1.54) is 11.1 Å². The van der Waals surface area contributed by atoms with Crippen molar-refractivity contribution in [2.24, 2.45) is 0 Å². The molecule has 0 radical (unpaired) electrons. The van der Waals surface area contributed by atoms with Gasteiger partial charge in [-0.1, -0.05) is 6.07 Å². The Hall–Kier alpha value is -2.77. The van der Waals surface area contributed by atoms with Gasteiger partial charge >= 0.3 is 0 Å². The minimum atomic E-state index is -0.0585. The van der Waals surface area contributed by atoms with Gasteiger partial charge in [0.25, 0.3) is 0 Å². The van der Waals surface area contributed by atoms with Gasteiger partial charge in [-0.3, -0.25) is 4.98 Å². The van der Waals surface area contributed by atoms with E-state index in [-0.39, 0.29) is 18.7 Å². The van der Waals surface area contributed by atoms with Gasteiger partial charge in [-0.15, -0.1) is 0 Å². The zero-order valence-electron chi connectivity index (χ0n) is 17.5. The number of rotatable bonds is 6. The Bertz CT molecular complexity index is 1050. The van der Waals surface area contributed by atoms with Crippen LogP contribution in [0.5, 0.6) is 0 Å². The summed E-state index contributed by atoms with van der Waals surface area (Å²) in [5.41, 5.74) is 5.58. The van der Waals surface area contributed by atoms with E-state index < -0.39 is 0 Å². The van der Waals surface area contributed by atoms with Crippen molar-refractivity contribution in [1.29, 1.82) is 0 Å². The van der Waals surface area contributed by atoms with Crippen LogP contribution in [0.3, 0.4) is 0 Å². The van der Waals surface area contributed by atoms with Crippen molar-refractivity contribution in [1.82, 2.24) is 24.8 Å². The molecule has 30 heavy (non-hydrogen) atoms. The summed E-state index contributed by atoms with van der Waals surface area (Å²) >= 11 is 5.69. The second-order valence-electron chi connectivity index (χ2n) is 7.75. The van der Waals surface area contributed by atoms with Gasteiger partial charge in [0, 0.05) is 36.9 Å². The van der Waals surface area contributed by atoms with Crippen LogP contribution < -0.4 is 5.32 Å². The van der Waals surface area contributed by atoms with Crippen LogP contribution in [-0.2, 0) is 0 Å². The van der Waals surface area contributed by atoms with Crippen LogP contribution >= 0.6 is 12.2 Å². The molecule has 2 atom stereocenters. The normalized spacial score (nSPS) is 18.7.